The van der Waals surface area contributed by atoms with E-state index in [0.717, 1.165) is 22.4 Å². The maximum absolute atomic E-state index is 14.1. The Morgan fingerprint density at radius 3 is 2.47 bits per heavy atom. The molecule has 1 aromatic heterocycles. The van der Waals surface area contributed by atoms with E-state index >= 15 is 0 Å². The molecular weight excluding hydrogens is 399 g/mol. The third kappa shape index (κ3) is 3.96. The van der Waals surface area contributed by atoms with Gasteiger partial charge >= 0.3 is 0 Å². The highest BCUT2D eigenvalue weighted by Gasteiger charge is 2.14. The third-order valence-electron chi connectivity index (χ3n) is 4.79. The monoisotopic (exact) mass is 420 g/mol. The summed E-state index contributed by atoms with van der Waals surface area (Å²) in [6, 6.07) is 18.2. The predicted molar refractivity (Wildman–Crippen MR) is 119 cm³/mol. The Morgan fingerprint density at radius 2 is 1.77 bits per heavy atom. The van der Waals surface area contributed by atoms with Crippen LogP contribution in [0.15, 0.2) is 70.6 Å². The van der Waals surface area contributed by atoms with Crippen molar-refractivity contribution in [2.24, 2.45) is 0 Å². The molecule has 4 nitrogen and oxygen atoms in total. The fourth-order valence-electron chi connectivity index (χ4n) is 3.46. The van der Waals surface area contributed by atoms with Gasteiger partial charge in [0, 0.05) is 5.75 Å². The maximum Gasteiger partial charge on any atom is 0.266 e. The molecule has 0 bridgehead atoms. The second-order valence-electron chi connectivity index (χ2n) is 7.16. The van der Waals surface area contributed by atoms with Crippen molar-refractivity contribution < 1.29 is 9.13 Å². The minimum atomic E-state index is -0.409. The van der Waals surface area contributed by atoms with Crippen molar-refractivity contribution >= 4 is 22.7 Å². The van der Waals surface area contributed by atoms with Gasteiger partial charge in [0.1, 0.15) is 0 Å². The highest BCUT2D eigenvalue weighted by molar-refractivity contribution is 7.98. The van der Waals surface area contributed by atoms with Gasteiger partial charge in [-0.3, -0.25) is 9.36 Å². The van der Waals surface area contributed by atoms with E-state index in [1.807, 2.05) is 50.2 Å². The van der Waals surface area contributed by atoms with Crippen LogP contribution in [0.5, 0.6) is 5.75 Å². The van der Waals surface area contributed by atoms with Crippen LogP contribution in [0.1, 0.15) is 16.7 Å². The molecule has 1 heterocycles. The molecule has 152 valence electrons. The number of rotatable bonds is 5. The van der Waals surface area contributed by atoms with Gasteiger partial charge in [-0.2, -0.15) is 0 Å². The van der Waals surface area contributed by atoms with Crippen LogP contribution >= 0.6 is 11.8 Å². The normalized spacial score (nSPS) is 11.1. The lowest BCUT2D eigenvalue weighted by Gasteiger charge is -2.14. The number of nitrogens with zero attached hydrogens (tertiary/aromatic N) is 2. The first kappa shape index (κ1) is 20.2. The van der Waals surface area contributed by atoms with Gasteiger partial charge in [-0.15, -0.1) is 0 Å². The third-order valence-corrected chi connectivity index (χ3v) is 5.80. The van der Waals surface area contributed by atoms with Crippen LogP contribution in [0.3, 0.4) is 0 Å². The Kier molecular flexibility index (Phi) is 5.59. The van der Waals surface area contributed by atoms with E-state index in [4.69, 9.17) is 9.72 Å². The summed E-state index contributed by atoms with van der Waals surface area (Å²) in [4.78, 5) is 18.1. The van der Waals surface area contributed by atoms with E-state index in [0.29, 0.717) is 21.8 Å². The van der Waals surface area contributed by atoms with Crippen LogP contribution in [0.2, 0.25) is 0 Å². The molecule has 0 radical (unpaired) electrons. The van der Waals surface area contributed by atoms with Crippen molar-refractivity contribution in [2.75, 3.05) is 7.11 Å². The van der Waals surface area contributed by atoms with Gasteiger partial charge in [0.05, 0.1) is 23.7 Å². The standard InChI is InChI=1S/C24H21FN2O2S/c1-15-10-16(2)12-18(11-15)27-23(28)19-6-4-5-7-21(19)26-24(27)30-14-17-8-9-22(29-3)20(25)13-17/h4-13H,14H2,1-3H3. The molecule has 0 aliphatic carbocycles. The smallest absolute Gasteiger partial charge is 0.266 e. The summed E-state index contributed by atoms with van der Waals surface area (Å²) in [6.07, 6.45) is 0. The highest BCUT2D eigenvalue weighted by Crippen LogP contribution is 2.27. The van der Waals surface area contributed by atoms with Crippen LogP contribution in [0.4, 0.5) is 4.39 Å². The summed E-state index contributed by atoms with van der Waals surface area (Å²) in [5.74, 6) is 0.268. The average Bonchev–Trinajstić information content (AvgIpc) is 2.71. The fourth-order valence-corrected chi connectivity index (χ4v) is 4.42. The SMILES string of the molecule is COc1ccc(CSc2nc3ccccc3c(=O)n2-c2cc(C)cc(C)c2)cc1F. The van der Waals surface area contributed by atoms with E-state index in [9.17, 15) is 9.18 Å². The molecule has 0 aliphatic rings. The number of benzene rings is 3. The number of aryl methyl sites for hydroxylation is 2. The first-order chi connectivity index (χ1) is 14.5. The molecule has 0 spiro atoms. The predicted octanol–water partition coefficient (Wildman–Crippen LogP) is 5.44. The highest BCUT2D eigenvalue weighted by atomic mass is 32.2. The van der Waals surface area contributed by atoms with Gasteiger partial charge in [0.15, 0.2) is 16.7 Å². The number of hydrogen-bond acceptors (Lipinski definition) is 4. The summed E-state index contributed by atoms with van der Waals surface area (Å²) in [7, 11) is 1.44. The van der Waals surface area contributed by atoms with Gasteiger partial charge in [-0.05, 0) is 66.9 Å². The van der Waals surface area contributed by atoms with Crippen LogP contribution < -0.4 is 10.3 Å². The molecule has 0 saturated carbocycles. The second kappa shape index (κ2) is 8.32. The average molecular weight is 421 g/mol. The molecular formula is C24H21FN2O2S. The lowest BCUT2D eigenvalue weighted by Crippen LogP contribution is -2.22. The summed E-state index contributed by atoms with van der Waals surface area (Å²) in [6.45, 7) is 4.01. The number of methoxy groups -OCH3 is 1. The van der Waals surface area contributed by atoms with Crippen molar-refractivity contribution in [3.8, 4) is 11.4 Å². The van der Waals surface area contributed by atoms with Crippen LogP contribution in [0, 0.1) is 19.7 Å². The zero-order chi connectivity index (χ0) is 21.3. The molecule has 6 heteroatoms. The molecule has 30 heavy (non-hydrogen) atoms. The molecule has 4 aromatic rings. The van der Waals surface area contributed by atoms with Gasteiger partial charge in [0.25, 0.3) is 5.56 Å². The molecule has 0 fully saturated rings. The Hall–Kier alpha value is -3.12. The summed E-state index contributed by atoms with van der Waals surface area (Å²) in [5, 5.41) is 1.14. The van der Waals surface area contributed by atoms with E-state index in [2.05, 4.69) is 6.07 Å². The lowest BCUT2D eigenvalue weighted by molar-refractivity contribution is 0.386. The molecule has 0 unspecified atom stereocenters. The maximum atomic E-state index is 14.1. The van der Waals surface area contributed by atoms with Gasteiger partial charge < -0.3 is 4.74 Å². The Labute approximate surface area is 178 Å². The number of halogens is 1. The number of thioether (sulfide) groups is 1. The van der Waals surface area contributed by atoms with Crippen molar-refractivity contribution in [1.82, 2.24) is 9.55 Å². The minimum absolute atomic E-state index is 0.117. The lowest BCUT2D eigenvalue weighted by atomic mass is 10.1. The topological polar surface area (TPSA) is 44.1 Å². The number of para-hydroxylation sites is 1. The first-order valence-electron chi connectivity index (χ1n) is 9.52. The van der Waals surface area contributed by atoms with Gasteiger partial charge in [-0.25, -0.2) is 9.37 Å². The zero-order valence-electron chi connectivity index (χ0n) is 17.0. The largest absolute Gasteiger partial charge is 0.494 e. The van der Waals surface area contributed by atoms with E-state index in [1.54, 1.807) is 16.7 Å². The van der Waals surface area contributed by atoms with E-state index < -0.39 is 5.82 Å². The van der Waals surface area contributed by atoms with Crippen LogP contribution in [-0.2, 0) is 5.75 Å². The quantitative estimate of drug-likeness (QED) is 0.318. The second-order valence-corrected chi connectivity index (χ2v) is 8.10. The Bertz CT molecular complexity index is 1280. The molecule has 0 N–H and O–H groups in total. The van der Waals surface area contributed by atoms with Gasteiger partial charge in [0.2, 0.25) is 0 Å². The van der Waals surface area contributed by atoms with Crippen LogP contribution in [0.25, 0.3) is 16.6 Å². The van der Waals surface area contributed by atoms with Crippen molar-refractivity contribution in [2.45, 2.75) is 24.8 Å². The zero-order valence-corrected chi connectivity index (χ0v) is 17.8. The summed E-state index contributed by atoms with van der Waals surface area (Å²) < 4.78 is 20.7. The molecule has 0 saturated heterocycles. The number of aromatic nitrogens is 2. The Balaban J connectivity index is 1.81. The van der Waals surface area contributed by atoms with E-state index in [-0.39, 0.29) is 11.3 Å². The van der Waals surface area contributed by atoms with Crippen molar-refractivity contribution in [3.63, 3.8) is 0 Å². The molecule has 4 rings (SSSR count). The van der Waals surface area contributed by atoms with Crippen molar-refractivity contribution in [3.05, 3.63) is 93.5 Å². The molecule has 0 atom stereocenters. The van der Waals surface area contributed by atoms with E-state index in [1.165, 1.54) is 24.9 Å². The fraction of sp³-hybridized carbons (Fsp3) is 0.167. The number of hydrogen-bond donors (Lipinski definition) is 0. The first-order valence-corrected chi connectivity index (χ1v) is 10.5. The number of ether oxygens (including phenoxy) is 1. The summed E-state index contributed by atoms with van der Waals surface area (Å²) in [5.41, 5.74) is 4.23. The molecule has 3 aromatic carbocycles. The molecule has 0 aliphatic heterocycles. The summed E-state index contributed by atoms with van der Waals surface area (Å²) >= 11 is 1.40. The van der Waals surface area contributed by atoms with Gasteiger partial charge in [-0.1, -0.05) is 36.0 Å². The minimum Gasteiger partial charge on any atom is -0.494 e. The Morgan fingerprint density at radius 1 is 1.03 bits per heavy atom. The van der Waals surface area contributed by atoms with Crippen molar-refractivity contribution in [1.29, 1.82) is 0 Å². The van der Waals surface area contributed by atoms with Crippen LogP contribution in [-0.4, -0.2) is 16.7 Å². The molecule has 0 amide bonds. The number of fused-ring (bicyclic) bond motifs is 1.